The summed E-state index contributed by atoms with van der Waals surface area (Å²) in [6.45, 7) is 0. The Labute approximate surface area is 118 Å². The second kappa shape index (κ2) is 5.71. The molecule has 0 saturated carbocycles. The van der Waals surface area contributed by atoms with Crippen LogP contribution in [0.5, 0.6) is 0 Å². The van der Waals surface area contributed by atoms with Gasteiger partial charge in [0.25, 0.3) is 0 Å². The molecule has 0 aliphatic heterocycles. The van der Waals surface area contributed by atoms with Crippen molar-refractivity contribution in [2.75, 3.05) is 18.2 Å². The van der Waals surface area contributed by atoms with E-state index >= 15 is 0 Å². The first kappa shape index (κ1) is 13.4. The van der Waals surface area contributed by atoms with Gasteiger partial charge in [0.05, 0.1) is 18.4 Å². The van der Waals surface area contributed by atoms with Crippen molar-refractivity contribution in [2.45, 2.75) is 0 Å². The highest BCUT2D eigenvalue weighted by molar-refractivity contribution is 9.10. The number of nitrogens with one attached hydrogen (secondary N) is 1. The normalized spacial score (nSPS) is 10.0. The number of carbonyl (C=O) groups is 1. The van der Waals surface area contributed by atoms with Crippen LogP contribution < -0.4 is 11.1 Å². The number of methoxy groups -OCH3 is 1. The largest absolute Gasteiger partial charge is 0.465 e. The van der Waals surface area contributed by atoms with Crippen LogP contribution in [0.2, 0.25) is 0 Å². The van der Waals surface area contributed by atoms with E-state index in [4.69, 9.17) is 5.73 Å². The van der Waals surface area contributed by atoms with Crippen LogP contribution in [0, 0.1) is 0 Å². The molecule has 3 N–H and O–H groups in total. The van der Waals surface area contributed by atoms with Crippen LogP contribution in [0.15, 0.2) is 41.0 Å². The Balaban J connectivity index is 2.28. The summed E-state index contributed by atoms with van der Waals surface area (Å²) < 4.78 is 5.34. The number of esters is 1. The fourth-order valence-electron chi connectivity index (χ4n) is 1.52. The first-order chi connectivity index (χ1) is 9.10. The highest BCUT2D eigenvalue weighted by Crippen LogP contribution is 2.23. The number of halogens is 1. The number of anilines is 3. The highest BCUT2D eigenvalue weighted by Gasteiger charge is 2.07. The van der Waals surface area contributed by atoms with E-state index < -0.39 is 0 Å². The number of hydrogen-bond donors (Lipinski definition) is 2. The topological polar surface area (TPSA) is 77.2 Å². The van der Waals surface area contributed by atoms with Crippen molar-refractivity contribution in [2.24, 2.45) is 0 Å². The van der Waals surface area contributed by atoms with Gasteiger partial charge in [-0.1, -0.05) is 6.07 Å². The summed E-state index contributed by atoms with van der Waals surface area (Å²) in [4.78, 5) is 15.7. The number of nitrogen functional groups attached to an aromatic ring is 1. The Hall–Kier alpha value is -2.08. The summed E-state index contributed by atoms with van der Waals surface area (Å²) >= 11 is 3.28. The van der Waals surface area contributed by atoms with E-state index in [0.717, 1.165) is 0 Å². The van der Waals surface area contributed by atoms with E-state index in [2.05, 4.69) is 31.0 Å². The molecule has 0 aliphatic rings. The molecule has 0 amide bonds. The average molecular weight is 322 g/mol. The number of hydrogen-bond acceptors (Lipinski definition) is 5. The molecular formula is C13H12BrN3O2. The van der Waals surface area contributed by atoms with Crippen molar-refractivity contribution in [1.82, 2.24) is 4.98 Å². The van der Waals surface area contributed by atoms with E-state index in [1.807, 2.05) is 6.07 Å². The summed E-state index contributed by atoms with van der Waals surface area (Å²) in [6, 6.07) is 10.4. The van der Waals surface area contributed by atoms with E-state index in [-0.39, 0.29) is 5.97 Å². The molecule has 0 unspecified atom stereocenters. The molecule has 0 spiro atoms. The molecule has 0 aliphatic carbocycles. The number of rotatable bonds is 3. The SMILES string of the molecule is COC(=O)c1cccc(Nc2nc(Br)ccc2N)c1. The lowest BCUT2D eigenvalue weighted by molar-refractivity contribution is 0.0601. The molecule has 0 fully saturated rings. The van der Waals surface area contributed by atoms with Crippen LogP contribution in [0.1, 0.15) is 10.4 Å². The van der Waals surface area contributed by atoms with Gasteiger partial charge >= 0.3 is 5.97 Å². The lowest BCUT2D eigenvalue weighted by Crippen LogP contribution is -2.03. The van der Waals surface area contributed by atoms with Gasteiger partial charge in [-0.25, -0.2) is 9.78 Å². The van der Waals surface area contributed by atoms with Crippen LogP contribution in [-0.4, -0.2) is 18.1 Å². The second-order valence-corrected chi connectivity index (χ2v) is 4.58. The Morgan fingerprint density at radius 3 is 2.89 bits per heavy atom. The molecule has 19 heavy (non-hydrogen) atoms. The third-order valence-corrected chi connectivity index (χ3v) is 2.88. The summed E-state index contributed by atoms with van der Waals surface area (Å²) in [7, 11) is 1.34. The zero-order valence-corrected chi connectivity index (χ0v) is 11.8. The minimum Gasteiger partial charge on any atom is -0.465 e. The quantitative estimate of drug-likeness (QED) is 0.671. The molecular weight excluding hydrogens is 310 g/mol. The van der Waals surface area contributed by atoms with Crippen LogP contribution in [0.4, 0.5) is 17.2 Å². The second-order valence-electron chi connectivity index (χ2n) is 3.77. The molecule has 6 heteroatoms. The fraction of sp³-hybridized carbons (Fsp3) is 0.0769. The van der Waals surface area contributed by atoms with E-state index in [1.165, 1.54) is 7.11 Å². The Kier molecular flexibility index (Phi) is 4.01. The van der Waals surface area contributed by atoms with Gasteiger partial charge in [0.15, 0.2) is 5.82 Å². The first-order valence-electron chi connectivity index (χ1n) is 5.47. The van der Waals surface area contributed by atoms with Gasteiger partial charge < -0.3 is 15.8 Å². The predicted octanol–water partition coefficient (Wildman–Crippen LogP) is 2.96. The number of benzene rings is 1. The maximum atomic E-state index is 11.4. The number of pyridine rings is 1. The van der Waals surface area contributed by atoms with Gasteiger partial charge in [0, 0.05) is 5.69 Å². The van der Waals surface area contributed by atoms with E-state index in [9.17, 15) is 4.79 Å². The van der Waals surface area contributed by atoms with Gasteiger partial charge in [-0.2, -0.15) is 0 Å². The summed E-state index contributed by atoms with van der Waals surface area (Å²) in [5.74, 6) is 0.134. The smallest absolute Gasteiger partial charge is 0.337 e. The number of nitrogens with two attached hydrogens (primary N) is 1. The molecule has 2 rings (SSSR count). The van der Waals surface area contributed by atoms with Crippen molar-refractivity contribution in [3.63, 3.8) is 0 Å². The lowest BCUT2D eigenvalue weighted by Gasteiger charge is -2.09. The maximum absolute atomic E-state index is 11.4. The Bertz CT molecular complexity index is 617. The van der Waals surface area contributed by atoms with Crippen LogP contribution in [0.25, 0.3) is 0 Å². The van der Waals surface area contributed by atoms with Crippen molar-refractivity contribution in [3.05, 3.63) is 46.6 Å². The number of ether oxygens (including phenoxy) is 1. The molecule has 1 heterocycles. The van der Waals surface area contributed by atoms with Gasteiger partial charge in [-0.3, -0.25) is 0 Å². The first-order valence-corrected chi connectivity index (χ1v) is 6.27. The van der Waals surface area contributed by atoms with E-state index in [1.54, 1.807) is 30.3 Å². The monoisotopic (exact) mass is 321 g/mol. The molecule has 1 aromatic heterocycles. The van der Waals surface area contributed by atoms with Crippen molar-refractivity contribution < 1.29 is 9.53 Å². The molecule has 2 aromatic rings. The molecule has 0 atom stereocenters. The number of carbonyl (C=O) groups excluding carboxylic acids is 1. The lowest BCUT2D eigenvalue weighted by atomic mass is 10.2. The van der Waals surface area contributed by atoms with Gasteiger partial charge in [-0.05, 0) is 46.3 Å². The highest BCUT2D eigenvalue weighted by atomic mass is 79.9. The maximum Gasteiger partial charge on any atom is 0.337 e. The van der Waals surface area contributed by atoms with E-state index in [0.29, 0.717) is 27.4 Å². The molecule has 0 saturated heterocycles. The van der Waals surface area contributed by atoms with Crippen molar-refractivity contribution in [1.29, 1.82) is 0 Å². The van der Waals surface area contributed by atoms with Crippen LogP contribution in [-0.2, 0) is 4.74 Å². The fourth-order valence-corrected chi connectivity index (χ4v) is 1.83. The average Bonchev–Trinajstić information content (AvgIpc) is 2.42. The number of aromatic nitrogens is 1. The third kappa shape index (κ3) is 3.23. The van der Waals surface area contributed by atoms with Crippen molar-refractivity contribution in [3.8, 4) is 0 Å². The Morgan fingerprint density at radius 1 is 1.37 bits per heavy atom. The molecule has 98 valence electrons. The van der Waals surface area contributed by atoms with Gasteiger partial charge in [0.2, 0.25) is 0 Å². The summed E-state index contributed by atoms with van der Waals surface area (Å²) in [5.41, 5.74) is 7.51. The van der Waals surface area contributed by atoms with Crippen molar-refractivity contribution >= 4 is 39.1 Å². The molecule has 0 radical (unpaired) electrons. The van der Waals surface area contributed by atoms with Crippen LogP contribution >= 0.6 is 15.9 Å². The Morgan fingerprint density at radius 2 is 2.16 bits per heavy atom. The molecule has 1 aromatic carbocycles. The van der Waals surface area contributed by atoms with Gasteiger partial charge in [-0.15, -0.1) is 0 Å². The summed E-state index contributed by atoms with van der Waals surface area (Å²) in [6.07, 6.45) is 0. The standard InChI is InChI=1S/C13H12BrN3O2/c1-19-13(18)8-3-2-4-9(7-8)16-12-10(15)5-6-11(14)17-12/h2-7H,15H2,1H3,(H,16,17). The van der Waals surface area contributed by atoms with Crippen LogP contribution in [0.3, 0.4) is 0 Å². The zero-order valence-electron chi connectivity index (χ0n) is 10.2. The predicted molar refractivity (Wildman–Crippen MR) is 77.4 cm³/mol. The molecule has 5 nitrogen and oxygen atoms in total. The minimum absolute atomic E-state index is 0.390. The molecule has 0 bridgehead atoms. The van der Waals surface area contributed by atoms with Gasteiger partial charge in [0.1, 0.15) is 4.60 Å². The third-order valence-electron chi connectivity index (χ3n) is 2.44. The number of nitrogens with zero attached hydrogens (tertiary/aromatic N) is 1. The summed E-state index contributed by atoms with van der Waals surface area (Å²) in [5, 5.41) is 3.06. The zero-order chi connectivity index (χ0) is 13.8. The minimum atomic E-state index is -0.390.